The molecule has 0 aromatic heterocycles. The summed E-state index contributed by atoms with van der Waals surface area (Å²) in [5.74, 6) is -1.13. The summed E-state index contributed by atoms with van der Waals surface area (Å²) in [5.41, 5.74) is -2.20. The number of thioether (sulfide) groups is 1. The second-order valence-electron chi connectivity index (χ2n) is 9.96. The first-order chi connectivity index (χ1) is 14.1. The summed E-state index contributed by atoms with van der Waals surface area (Å²) in [4.78, 5) is 40.7. The molecule has 3 fully saturated rings. The second-order valence-corrected chi connectivity index (χ2v) is 11.0. The molecule has 2 heterocycles. The van der Waals surface area contributed by atoms with Gasteiger partial charge < -0.3 is 14.7 Å². The Morgan fingerprint density at radius 2 is 1.87 bits per heavy atom. The van der Waals surface area contributed by atoms with Crippen molar-refractivity contribution >= 4 is 29.4 Å². The number of aliphatic hydroxyl groups excluding tert-OH is 1. The fourth-order valence-electron chi connectivity index (χ4n) is 5.06. The van der Waals surface area contributed by atoms with E-state index in [9.17, 15) is 19.5 Å². The van der Waals surface area contributed by atoms with E-state index in [-0.39, 0.29) is 34.3 Å². The zero-order chi connectivity index (χ0) is 22.1. The first kappa shape index (κ1) is 23.2. The lowest BCUT2D eigenvalue weighted by atomic mass is 9.85. The quantitative estimate of drug-likeness (QED) is 0.166. The molecule has 1 N–H and O–H groups in total. The van der Waals surface area contributed by atoms with E-state index >= 15 is 0 Å². The Balaban J connectivity index is 1.77. The number of fused-ring (bicyclic) bond motifs is 1. The summed E-state index contributed by atoms with van der Waals surface area (Å²) >= 11 is 1.42. The van der Waals surface area contributed by atoms with E-state index in [0.29, 0.717) is 0 Å². The Morgan fingerprint density at radius 1 is 1.20 bits per heavy atom. The number of methoxy groups -OCH3 is 1. The van der Waals surface area contributed by atoms with Crippen LogP contribution >= 0.6 is 11.8 Å². The highest BCUT2D eigenvalue weighted by Gasteiger charge is 2.69. The third-order valence-electron chi connectivity index (χ3n) is 6.68. The topological polar surface area (TPSA) is 83.9 Å². The van der Waals surface area contributed by atoms with Crippen molar-refractivity contribution < 1.29 is 24.2 Å². The number of unbranched alkanes of at least 4 members (excludes halogenated alkanes) is 1. The van der Waals surface area contributed by atoms with Crippen molar-refractivity contribution in [2.45, 2.75) is 89.5 Å². The van der Waals surface area contributed by atoms with Crippen LogP contribution in [0.2, 0.25) is 0 Å². The lowest BCUT2D eigenvalue weighted by molar-refractivity contribution is -0.159. The average Bonchev–Trinajstić information content (AvgIpc) is 3.21. The average molecular weight is 438 g/mol. The Hall–Kier alpha value is -1.50. The van der Waals surface area contributed by atoms with Crippen LogP contribution < -0.4 is 0 Å². The van der Waals surface area contributed by atoms with Crippen molar-refractivity contribution in [3.63, 3.8) is 0 Å². The molecule has 0 bridgehead atoms. The van der Waals surface area contributed by atoms with Crippen LogP contribution in [0.25, 0.3) is 0 Å². The maximum atomic E-state index is 13.3. The molecule has 1 aliphatic carbocycles. The van der Waals surface area contributed by atoms with Crippen molar-refractivity contribution in [3.8, 4) is 0 Å². The molecule has 1 saturated carbocycles. The molecule has 0 unspecified atom stereocenters. The summed E-state index contributed by atoms with van der Waals surface area (Å²) in [6, 6.07) is 0. The highest BCUT2D eigenvalue weighted by Crippen LogP contribution is 2.51. The van der Waals surface area contributed by atoms with E-state index in [1.54, 1.807) is 0 Å². The number of carbonyl (C=O) groups is 3. The van der Waals surface area contributed by atoms with Gasteiger partial charge >= 0.3 is 5.97 Å². The Kier molecular flexibility index (Phi) is 6.90. The van der Waals surface area contributed by atoms with Crippen LogP contribution in [-0.2, 0) is 19.1 Å². The Morgan fingerprint density at radius 3 is 2.47 bits per heavy atom. The number of rotatable bonds is 6. The molecule has 0 radical (unpaired) electrons. The van der Waals surface area contributed by atoms with Crippen LogP contribution in [0.15, 0.2) is 11.3 Å². The van der Waals surface area contributed by atoms with Gasteiger partial charge in [-0.25, -0.2) is 4.79 Å². The molecule has 1 amide bonds. The lowest BCUT2D eigenvalue weighted by Crippen LogP contribution is -2.57. The van der Waals surface area contributed by atoms with Crippen molar-refractivity contribution in [3.05, 3.63) is 11.3 Å². The standard InChI is InChI=1S/C23H35NO5S/c1-22(2,3)20-24-19(27)17(18(26)23(24,14-30-20)21(28)29-4)16(25)13-9-8-12-15-10-6-5-7-11-15/h15,20,25H,5-14H2,1-4H3/b17-16-/t20-,23-/m1/s1. The van der Waals surface area contributed by atoms with E-state index in [1.807, 2.05) is 20.8 Å². The largest absolute Gasteiger partial charge is 0.511 e. The molecule has 7 heteroatoms. The number of amides is 1. The van der Waals surface area contributed by atoms with Gasteiger partial charge in [-0.2, -0.15) is 0 Å². The van der Waals surface area contributed by atoms with E-state index in [0.717, 1.165) is 25.2 Å². The van der Waals surface area contributed by atoms with Crippen LogP contribution in [0.5, 0.6) is 0 Å². The fourth-order valence-corrected chi connectivity index (χ4v) is 6.77. The number of ketones is 1. The molecule has 0 aromatic carbocycles. The Labute approximate surface area is 183 Å². The predicted molar refractivity (Wildman–Crippen MR) is 117 cm³/mol. The molecule has 6 nitrogen and oxygen atoms in total. The third-order valence-corrected chi connectivity index (χ3v) is 8.50. The van der Waals surface area contributed by atoms with Crippen molar-refractivity contribution in [1.29, 1.82) is 0 Å². The number of carbonyl (C=O) groups excluding carboxylic acids is 3. The highest BCUT2D eigenvalue weighted by molar-refractivity contribution is 8.00. The van der Waals surface area contributed by atoms with Crippen molar-refractivity contribution in [2.75, 3.05) is 12.9 Å². The van der Waals surface area contributed by atoms with Crippen LogP contribution in [0, 0.1) is 11.3 Å². The monoisotopic (exact) mass is 437 g/mol. The van der Waals surface area contributed by atoms with Crippen LogP contribution in [-0.4, -0.2) is 51.4 Å². The molecule has 3 rings (SSSR count). The molecule has 30 heavy (non-hydrogen) atoms. The minimum absolute atomic E-state index is 0.157. The summed E-state index contributed by atoms with van der Waals surface area (Å²) in [7, 11) is 1.23. The molecule has 0 aromatic rings. The number of nitrogens with zero attached hydrogens (tertiary/aromatic N) is 1. The smallest absolute Gasteiger partial charge is 0.340 e. The summed E-state index contributed by atoms with van der Waals surface area (Å²) in [6.07, 6.45) is 9.64. The predicted octanol–water partition coefficient (Wildman–Crippen LogP) is 4.38. The minimum Gasteiger partial charge on any atom is -0.511 e. The van der Waals surface area contributed by atoms with Crippen molar-refractivity contribution in [2.24, 2.45) is 11.3 Å². The van der Waals surface area contributed by atoms with Crippen molar-refractivity contribution in [1.82, 2.24) is 4.90 Å². The number of esters is 1. The number of aliphatic hydroxyl groups is 1. The van der Waals surface area contributed by atoms with E-state index < -0.39 is 23.2 Å². The van der Waals surface area contributed by atoms with Gasteiger partial charge in [0.15, 0.2) is 0 Å². The van der Waals surface area contributed by atoms with Gasteiger partial charge in [-0.05, 0) is 17.8 Å². The van der Waals surface area contributed by atoms with Crippen LogP contribution in [0.1, 0.15) is 78.6 Å². The highest BCUT2D eigenvalue weighted by atomic mass is 32.2. The van der Waals surface area contributed by atoms with Crippen LogP contribution in [0.3, 0.4) is 0 Å². The van der Waals surface area contributed by atoms with Gasteiger partial charge in [-0.1, -0.05) is 65.7 Å². The number of allylic oxidation sites excluding steroid dienone is 1. The molecule has 2 atom stereocenters. The van der Waals surface area contributed by atoms with Gasteiger partial charge in [0.2, 0.25) is 11.3 Å². The molecular weight excluding hydrogens is 402 g/mol. The first-order valence-corrected chi connectivity index (χ1v) is 12.2. The zero-order valence-electron chi connectivity index (χ0n) is 18.7. The first-order valence-electron chi connectivity index (χ1n) is 11.1. The maximum absolute atomic E-state index is 13.3. The van der Waals surface area contributed by atoms with Gasteiger partial charge in [-0.15, -0.1) is 11.8 Å². The number of hydrogen-bond donors (Lipinski definition) is 1. The molecule has 0 spiro atoms. The van der Waals surface area contributed by atoms with Gasteiger partial charge in [0, 0.05) is 12.2 Å². The molecule has 2 saturated heterocycles. The summed E-state index contributed by atoms with van der Waals surface area (Å²) in [5, 5.41) is 10.3. The van der Waals surface area contributed by atoms with Gasteiger partial charge in [-0.3, -0.25) is 9.59 Å². The van der Waals surface area contributed by atoms with Gasteiger partial charge in [0.1, 0.15) is 11.3 Å². The third kappa shape index (κ3) is 4.02. The normalized spacial score (nSPS) is 29.3. The molecule has 3 aliphatic rings. The maximum Gasteiger partial charge on any atom is 0.340 e. The van der Waals surface area contributed by atoms with Gasteiger partial charge in [0.25, 0.3) is 5.91 Å². The number of Topliss-reactive ketones (excluding diaryl/α,β-unsaturated/α-hetero) is 1. The Bertz CT molecular complexity index is 734. The van der Waals surface area contributed by atoms with Crippen LogP contribution in [0.4, 0.5) is 0 Å². The van der Waals surface area contributed by atoms with E-state index in [2.05, 4.69) is 0 Å². The molecular formula is C23H35NO5S. The summed E-state index contributed by atoms with van der Waals surface area (Å²) in [6.45, 7) is 5.92. The molecule has 2 aliphatic heterocycles. The number of ether oxygens (including phenoxy) is 1. The minimum atomic E-state index is -1.65. The van der Waals surface area contributed by atoms with E-state index in [4.69, 9.17) is 4.74 Å². The second kappa shape index (κ2) is 8.93. The fraction of sp³-hybridized carbons (Fsp3) is 0.783. The summed E-state index contributed by atoms with van der Waals surface area (Å²) < 4.78 is 4.94. The van der Waals surface area contributed by atoms with E-state index in [1.165, 1.54) is 55.9 Å². The number of hydrogen-bond acceptors (Lipinski definition) is 6. The lowest BCUT2D eigenvalue weighted by Gasteiger charge is -2.36. The molecule has 168 valence electrons. The van der Waals surface area contributed by atoms with Gasteiger partial charge in [0.05, 0.1) is 12.5 Å². The SMILES string of the molecule is COC(=O)[C@]12CS[C@H](C(C)(C)C)N1C(=O)/C(=C(\O)CCCCC1CCCCC1)C2=O. The zero-order valence-corrected chi connectivity index (χ0v) is 19.5.